The summed E-state index contributed by atoms with van der Waals surface area (Å²) in [4.78, 5) is 41.7. The van der Waals surface area contributed by atoms with E-state index in [9.17, 15) is 9.59 Å². The van der Waals surface area contributed by atoms with Crippen LogP contribution in [-0.4, -0.2) is 96.8 Å². The molecule has 2 N–H and O–H groups in total. The summed E-state index contributed by atoms with van der Waals surface area (Å²) in [5, 5.41) is 6.27. The molecule has 0 atom stereocenters. The predicted octanol–water partition coefficient (Wildman–Crippen LogP) is 3.97. The number of para-hydroxylation sites is 2. The van der Waals surface area contributed by atoms with Crippen LogP contribution in [0.25, 0.3) is 16.9 Å². The lowest BCUT2D eigenvalue weighted by molar-refractivity contribution is -0.111. The Balaban J connectivity index is 1.73. The van der Waals surface area contributed by atoms with Crippen molar-refractivity contribution in [2.24, 2.45) is 0 Å². The fourth-order valence-corrected chi connectivity index (χ4v) is 4.81. The third-order valence-corrected chi connectivity index (χ3v) is 7.02. The SMILES string of the molecule is COc1cc(N(C)CCN(C)C)c(NC(=O)/C=C/CN(C)C)cc1Nc1nccc(-n2c(=O)n(C(C)C)c3ccccc32)n1. The summed E-state index contributed by atoms with van der Waals surface area (Å²) in [7, 11) is 11.5. The second-order valence-electron chi connectivity index (χ2n) is 11.4. The average molecular weight is 602 g/mol. The van der Waals surface area contributed by atoms with E-state index in [4.69, 9.17) is 9.72 Å². The van der Waals surface area contributed by atoms with E-state index in [1.165, 1.54) is 6.08 Å². The number of amides is 1. The largest absolute Gasteiger partial charge is 0.494 e. The van der Waals surface area contributed by atoms with E-state index in [-0.39, 0.29) is 23.6 Å². The van der Waals surface area contributed by atoms with Gasteiger partial charge in [-0.15, -0.1) is 0 Å². The number of methoxy groups -OCH3 is 1. The van der Waals surface area contributed by atoms with E-state index in [1.807, 2.05) is 96.5 Å². The van der Waals surface area contributed by atoms with Gasteiger partial charge in [0, 0.05) is 57.1 Å². The molecule has 0 fully saturated rings. The van der Waals surface area contributed by atoms with Crippen LogP contribution in [0.1, 0.15) is 19.9 Å². The van der Waals surface area contributed by atoms with Crippen molar-refractivity contribution in [3.05, 3.63) is 71.3 Å². The van der Waals surface area contributed by atoms with Crippen molar-refractivity contribution in [3.63, 3.8) is 0 Å². The molecule has 234 valence electrons. The molecule has 2 aromatic heterocycles. The molecule has 0 aliphatic carbocycles. The molecule has 4 aromatic rings. The zero-order valence-corrected chi connectivity index (χ0v) is 26.8. The van der Waals surface area contributed by atoms with E-state index in [1.54, 1.807) is 28.5 Å². The average Bonchev–Trinajstić information content (AvgIpc) is 3.27. The van der Waals surface area contributed by atoms with Gasteiger partial charge in [-0.3, -0.25) is 9.36 Å². The summed E-state index contributed by atoms with van der Waals surface area (Å²) in [6.07, 6.45) is 4.94. The van der Waals surface area contributed by atoms with Crippen LogP contribution in [0.4, 0.5) is 23.0 Å². The minimum absolute atomic E-state index is 0.0296. The number of carbonyl (C=O) groups excluding carboxylic acids is 1. The highest BCUT2D eigenvalue weighted by molar-refractivity contribution is 6.02. The van der Waals surface area contributed by atoms with Gasteiger partial charge < -0.3 is 30.1 Å². The number of ether oxygens (including phenoxy) is 1. The molecule has 0 saturated heterocycles. The molecule has 1 amide bonds. The number of hydrogen-bond donors (Lipinski definition) is 2. The van der Waals surface area contributed by atoms with Gasteiger partial charge in [0.1, 0.15) is 11.6 Å². The summed E-state index contributed by atoms with van der Waals surface area (Å²) in [6.45, 7) is 6.15. The van der Waals surface area contributed by atoms with Gasteiger partial charge in [0.15, 0.2) is 0 Å². The molecule has 44 heavy (non-hydrogen) atoms. The summed E-state index contributed by atoms with van der Waals surface area (Å²) < 4.78 is 9.10. The molecule has 0 spiro atoms. The molecule has 0 bridgehead atoms. The highest BCUT2D eigenvalue weighted by Crippen LogP contribution is 2.38. The molecule has 0 unspecified atom stereocenters. The maximum atomic E-state index is 13.5. The Hall–Kier alpha value is -4.68. The Morgan fingerprint density at radius 3 is 2.39 bits per heavy atom. The molecule has 2 heterocycles. The Bertz CT molecular complexity index is 1690. The fraction of sp³-hybridized carbons (Fsp3) is 0.375. The summed E-state index contributed by atoms with van der Waals surface area (Å²) >= 11 is 0. The second-order valence-corrected chi connectivity index (χ2v) is 11.4. The number of imidazole rings is 1. The number of hydrogen-bond acceptors (Lipinski definition) is 9. The van der Waals surface area contributed by atoms with Crippen molar-refractivity contribution in [2.45, 2.75) is 19.9 Å². The third kappa shape index (κ3) is 7.44. The van der Waals surface area contributed by atoms with Crippen LogP contribution in [0.15, 0.2) is 65.6 Å². The molecule has 12 heteroatoms. The number of aromatic nitrogens is 4. The van der Waals surface area contributed by atoms with E-state index in [0.717, 1.165) is 29.8 Å². The first kappa shape index (κ1) is 32.2. The quantitative estimate of drug-likeness (QED) is 0.220. The molecule has 0 aliphatic heterocycles. The number of rotatable bonds is 13. The van der Waals surface area contributed by atoms with Crippen molar-refractivity contribution >= 4 is 40.0 Å². The smallest absolute Gasteiger partial charge is 0.335 e. The van der Waals surface area contributed by atoms with Crippen LogP contribution in [0, 0.1) is 0 Å². The monoisotopic (exact) mass is 601 g/mol. The van der Waals surface area contributed by atoms with Gasteiger partial charge in [0.05, 0.1) is 35.2 Å². The van der Waals surface area contributed by atoms with Crippen LogP contribution >= 0.6 is 0 Å². The van der Waals surface area contributed by atoms with Crippen molar-refractivity contribution in [1.82, 2.24) is 28.9 Å². The minimum Gasteiger partial charge on any atom is -0.494 e. The number of nitrogens with zero attached hydrogens (tertiary/aromatic N) is 7. The highest BCUT2D eigenvalue weighted by atomic mass is 16.5. The Kier molecular flexibility index (Phi) is 10.4. The van der Waals surface area contributed by atoms with Crippen molar-refractivity contribution in [3.8, 4) is 11.6 Å². The summed E-state index contributed by atoms with van der Waals surface area (Å²) in [5.74, 6) is 0.998. The zero-order valence-electron chi connectivity index (χ0n) is 26.8. The lowest BCUT2D eigenvalue weighted by Crippen LogP contribution is -2.29. The van der Waals surface area contributed by atoms with Crippen LogP contribution in [0.2, 0.25) is 0 Å². The van der Waals surface area contributed by atoms with Gasteiger partial charge in [0.25, 0.3) is 0 Å². The molecule has 2 aromatic carbocycles. The zero-order chi connectivity index (χ0) is 32.0. The first-order valence-corrected chi connectivity index (χ1v) is 14.5. The number of likely N-dealkylation sites (N-methyl/N-ethyl adjacent to an activating group) is 3. The lowest BCUT2D eigenvalue weighted by atomic mass is 10.2. The van der Waals surface area contributed by atoms with Gasteiger partial charge in [-0.05, 0) is 60.2 Å². The van der Waals surface area contributed by atoms with Crippen molar-refractivity contribution in [2.75, 3.05) is 77.5 Å². The van der Waals surface area contributed by atoms with Gasteiger partial charge in [-0.2, -0.15) is 4.98 Å². The Morgan fingerprint density at radius 1 is 1.00 bits per heavy atom. The van der Waals surface area contributed by atoms with Crippen LogP contribution in [-0.2, 0) is 4.79 Å². The third-order valence-electron chi connectivity index (χ3n) is 7.02. The van der Waals surface area contributed by atoms with Crippen molar-refractivity contribution in [1.29, 1.82) is 0 Å². The Labute approximate surface area is 258 Å². The van der Waals surface area contributed by atoms with E-state index in [0.29, 0.717) is 29.5 Å². The van der Waals surface area contributed by atoms with Gasteiger partial charge in [-0.1, -0.05) is 18.2 Å². The van der Waals surface area contributed by atoms with Crippen LogP contribution in [0.3, 0.4) is 0 Å². The molecule has 0 saturated carbocycles. The second kappa shape index (κ2) is 14.2. The minimum atomic E-state index is -0.246. The molecule has 12 nitrogen and oxygen atoms in total. The molecule has 0 radical (unpaired) electrons. The number of benzene rings is 2. The Morgan fingerprint density at radius 2 is 1.73 bits per heavy atom. The number of carbonyl (C=O) groups is 1. The first-order valence-electron chi connectivity index (χ1n) is 14.5. The standard InChI is InChI=1S/C32H43N9O3/c1-22(2)40-25-12-9-10-13-26(25)41(32(40)43)29-15-16-33-31(36-29)35-24-20-23(34-30(42)14-11-17-37(3)4)27(21-28(24)44-8)39(7)19-18-38(5)6/h9-16,20-22H,17-19H2,1-8H3,(H,34,42)(H,33,35,36)/b14-11+. The molecule has 4 rings (SSSR count). The van der Waals surface area contributed by atoms with Crippen LogP contribution in [0.5, 0.6) is 5.75 Å². The number of nitrogens with one attached hydrogen (secondary N) is 2. The molecular weight excluding hydrogens is 558 g/mol. The van der Waals surface area contributed by atoms with Gasteiger partial charge >= 0.3 is 5.69 Å². The van der Waals surface area contributed by atoms with Crippen molar-refractivity contribution < 1.29 is 9.53 Å². The maximum absolute atomic E-state index is 13.5. The maximum Gasteiger partial charge on any atom is 0.335 e. The summed E-state index contributed by atoms with van der Waals surface area (Å²) in [5.41, 5.74) is 3.36. The van der Waals surface area contributed by atoms with E-state index < -0.39 is 0 Å². The lowest BCUT2D eigenvalue weighted by Gasteiger charge is -2.26. The van der Waals surface area contributed by atoms with E-state index in [2.05, 4.69) is 25.4 Å². The highest BCUT2D eigenvalue weighted by Gasteiger charge is 2.19. The predicted molar refractivity (Wildman–Crippen MR) is 178 cm³/mol. The summed E-state index contributed by atoms with van der Waals surface area (Å²) in [6, 6.07) is 13.0. The number of fused-ring (bicyclic) bond motifs is 1. The number of anilines is 4. The fourth-order valence-electron chi connectivity index (χ4n) is 4.81. The van der Waals surface area contributed by atoms with Gasteiger partial charge in [0.2, 0.25) is 11.9 Å². The van der Waals surface area contributed by atoms with Gasteiger partial charge in [-0.25, -0.2) is 14.3 Å². The van der Waals surface area contributed by atoms with Crippen LogP contribution < -0.4 is 26.0 Å². The van der Waals surface area contributed by atoms with E-state index >= 15 is 0 Å². The molecular formula is C32H43N9O3. The molecule has 0 aliphatic rings. The topological polar surface area (TPSA) is 113 Å². The first-order chi connectivity index (χ1) is 21.0. The normalized spacial score (nSPS) is 11.7.